The van der Waals surface area contributed by atoms with Gasteiger partial charge in [-0.3, -0.25) is 4.79 Å². The van der Waals surface area contributed by atoms with E-state index in [2.05, 4.69) is 35.5 Å². The molecule has 1 saturated heterocycles. The zero-order valence-electron chi connectivity index (χ0n) is 15.8. The number of hydrogen-bond donors (Lipinski definition) is 2. The maximum atomic E-state index is 12.1. The Labute approximate surface area is 155 Å². The molecule has 0 radical (unpaired) electrons. The molecule has 0 atom stereocenters. The van der Waals surface area contributed by atoms with Crippen molar-refractivity contribution in [1.82, 2.24) is 0 Å². The van der Waals surface area contributed by atoms with E-state index >= 15 is 0 Å². The summed E-state index contributed by atoms with van der Waals surface area (Å²) in [6.45, 7) is 8.50. The molecule has 2 aromatic rings. The Morgan fingerprint density at radius 2 is 1.69 bits per heavy atom. The normalized spacial score (nSPS) is 15.0. The standard InChI is InChI=1S/C21H27N3O2/c1-16-12-17(2)14-20(13-16)26-15-21(25)22-18-4-6-19(7-5-18)24-10-8-23(3)9-11-24/h4-7,12-14H,8-11,15H2,1-3H3,(H,22,25)/p+1. The van der Waals surface area contributed by atoms with Gasteiger partial charge in [-0.2, -0.15) is 0 Å². The SMILES string of the molecule is Cc1cc(C)cc(OCC(=O)Nc2ccc(N3CC[NH+](C)CC3)cc2)c1. The van der Waals surface area contributed by atoms with E-state index in [1.54, 1.807) is 4.90 Å². The molecule has 0 unspecified atom stereocenters. The first-order valence-electron chi connectivity index (χ1n) is 9.17. The molecule has 3 rings (SSSR count). The fourth-order valence-electron chi connectivity index (χ4n) is 3.26. The van der Waals surface area contributed by atoms with Crippen LogP contribution in [0.4, 0.5) is 11.4 Å². The molecule has 1 heterocycles. The lowest BCUT2D eigenvalue weighted by molar-refractivity contribution is -0.880. The summed E-state index contributed by atoms with van der Waals surface area (Å²) in [4.78, 5) is 16.1. The lowest BCUT2D eigenvalue weighted by Crippen LogP contribution is -3.12. The maximum Gasteiger partial charge on any atom is 0.262 e. The Kier molecular flexibility index (Phi) is 5.78. The molecule has 2 N–H and O–H groups in total. The van der Waals surface area contributed by atoms with Crippen LogP contribution in [0.25, 0.3) is 0 Å². The summed E-state index contributed by atoms with van der Waals surface area (Å²) in [5.74, 6) is 0.574. The van der Waals surface area contributed by atoms with Gasteiger partial charge in [-0.15, -0.1) is 0 Å². The average Bonchev–Trinajstić information content (AvgIpc) is 2.61. The first kappa shape index (κ1) is 18.3. The number of anilines is 2. The topological polar surface area (TPSA) is 46.0 Å². The van der Waals surface area contributed by atoms with Gasteiger partial charge >= 0.3 is 0 Å². The summed E-state index contributed by atoms with van der Waals surface area (Å²) < 4.78 is 5.61. The van der Waals surface area contributed by atoms with E-state index < -0.39 is 0 Å². The molecular weight excluding hydrogens is 326 g/mol. The van der Waals surface area contributed by atoms with Gasteiger partial charge in [0.05, 0.1) is 33.2 Å². The zero-order valence-corrected chi connectivity index (χ0v) is 15.8. The zero-order chi connectivity index (χ0) is 18.5. The number of rotatable bonds is 5. The minimum absolute atomic E-state index is 0.00583. The molecule has 0 saturated carbocycles. The number of benzene rings is 2. The fraction of sp³-hybridized carbons (Fsp3) is 0.381. The minimum Gasteiger partial charge on any atom is -0.484 e. The Bertz CT molecular complexity index is 730. The molecule has 1 fully saturated rings. The molecule has 0 spiro atoms. The van der Waals surface area contributed by atoms with Gasteiger partial charge in [-0.1, -0.05) is 6.07 Å². The molecular formula is C21H28N3O2+. The predicted molar refractivity (Wildman–Crippen MR) is 105 cm³/mol. The van der Waals surface area contributed by atoms with Crippen molar-refractivity contribution in [1.29, 1.82) is 0 Å². The number of hydrogen-bond acceptors (Lipinski definition) is 3. The summed E-state index contributed by atoms with van der Waals surface area (Å²) >= 11 is 0. The van der Waals surface area contributed by atoms with Crippen molar-refractivity contribution >= 4 is 17.3 Å². The quantitative estimate of drug-likeness (QED) is 0.858. The highest BCUT2D eigenvalue weighted by Crippen LogP contribution is 2.19. The summed E-state index contributed by atoms with van der Waals surface area (Å²) in [6, 6.07) is 14.0. The number of piperazine rings is 1. The number of ether oxygens (including phenoxy) is 1. The highest BCUT2D eigenvalue weighted by molar-refractivity contribution is 5.92. The van der Waals surface area contributed by atoms with E-state index in [0.29, 0.717) is 0 Å². The predicted octanol–water partition coefficient (Wildman–Crippen LogP) is 1.66. The van der Waals surface area contributed by atoms with Crippen molar-refractivity contribution in [3.8, 4) is 5.75 Å². The maximum absolute atomic E-state index is 12.1. The molecule has 5 heteroatoms. The second-order valence-electron chi connectivity index (χ2n) is 7.15. The van der Waals surface area contributed by atoms with Crippen LogP contribution in [0, 0.1) is 13.8 Å². The molecule has 0 aliphatic carbocycles. The molecule has 2 aromatic carbocycles. The Morgan fingerprint density at radius 1 is 1.08 bits per heavy atom. The highest BCUT2D eigenvalue weighted by atomic mass is 16.5. The van der Waals surface area contributed by atoms with Gasteiger partial charge in [0.15, 0.2) is 6.61 Å². The molecule has 1 aliphatic rings. The fourth-order valence-corrected chi connectivity index (χ4v) is 3.26. The smallest absolute Gasteiger partial charge is 0.262 e. The van der Waals surface area contributed by atoms with Crippen molar-refractivity contribution in [3.63, 3.8) is 0 Å². The van der Waals surface area contributed by atoms with Gasteiger partial charge < -0.3 is 19.9 Å². The van der Waals surface area contributed by atoms with Gasteiger partial charge in [-0.25, -0.2) is 0 Å². The molecule has 26 heavy (non-hydrogen) atoms. The largest absolute Gasteiger partial charge is 0.484 e. The van der Waals surface area contributed by atoms with E-state index in [-0.39, 0.29) is 12.5 Å². The van der Waals surface area contributed by atoms with Crippen molar-refractivity contribution in [2.24, 2.45) is 0 Å². The summed E-state index contributed by atoms with van der Waals surface area (Å²) in [7, 11) is 2.23. The van der Waals surface area contributed by atoms with Crippen molar-refractivity contribution in [2.75, 3.05) is 50.1 Å². The molecule has 0 aromatic heterocycles. The number of likely N-dealkylation sites (N-methyl/N-ethyl adjacent to an activating group) is 1. The van der Waals surface area contributed by atoms with E-state index in [1.165, 1.54) is 5.69 Å². The van der Waals surface area contributed by atoms with Crippen LogP contribution in [0.3, 0.4) is 0 Å². The Hall–Kier alpha value is -2.53. The van der Waals surface area contributed by atoms with Gasteiger partial charge in [0, 0.05) is 11.4 Å². The van der Waals surface area contributed by atoms with Crippen LogP contribution in [0.1, 0.15) is 11.1 Å². The van der Waals surface area contributed by atoms with Gasteiger partial charge in [0.2, 0.25) is 0 Å². The van der Waals surface area contributed by atoms with E-state index in [1.807, 2.05) is 38.1 Å². The summed E-state index contributed by atoms with van der Waals surface area (Å²) in [5, 5.41) is 2.89. The number of nitrogens with one attached hydrogen (secondary N) is 2. The van der Waals surface area contributed by atoms with Crippen molar-refractivity contribution < 1.29 is 14.4 Å². The first-order valence-corrected chi connectivity index (χ1v) is 9.17. The van der Waals surface area contributed by atoms with E-state index in [4.69, 9.17) is 4.74 Å². The summed E-state index contributed by atoms with van der Waals surface area (Å²) in [6.07, 6.45) is 0. The molecule has 5 nitrogen and oxygen atoms in total. The molecule has 0 bridgehead atoms. The number of aryl methyl sites for hydroxylation is 2. The lowest BCUT2D eigenvalue weighted by atomic mass is 10.1. The van der Waals surface area contributed by atoms with Crippen LogP contribution in [-0.2, 0) is 4.79 Å². The third kappa shape index (κ3) is 4.99. The van der Waals surface area contributed by atoms with Crippen molar-refractivity contribution in [3.05, 3.63) is 53.6 Å². The van der Waals surface area contributed by atoms with E-state index in [9.17, 15) is 4.79 Å². The first-order chi connectivity index (χ1) is 12.5. The number of quaternary nitrogens is 1. The van der Waals surface area contributed by atoms with Crippen LogP contribution >= 0.6 is 0 Å². The second kappa shape index (κ2) is 8.23. The highest BCUT2D eigenvalue weighted by Gasteiger charge is 2.16. The van der Waals surface area contributed by atoms with Gasteiger partial charge in [0.1, 0.15) is 5.75 Å². The van der Waals surface area contributed by atoms with Crippen LogP contribution in [0.15, 0.2) is 42.5 Å². The van der Waals surface area contributed by atoms with Crippen LogP contribution < -0.4 is 19.9 Å². The molecule has 138 valence electrons. The number of carbonyl (C=O) groups is 1. The van der Waals surface area contributed by atoms with Crippen molar-refractivity contribution in [2.45, 2.75) is 13.8 Å². The lowest BCUT2D eigenvalue weighted by Gasteiger charge is -2.31. The van der Waals surface area contributed by atoms with Gasteiger partial charge in [-0.05, 0) is 61.4 Å². The number of amides is 1. The van der Waals surface area contributed by atoms with E-state index in [0.717, 1.165) is 48.7 Å². The summed E-state index contributed by atoms with van der Waals surface area (Å²) in [5.41, 5.74) is 4.26. The van der Waals surface area contributed by atoms with Crippen LogP contribution in [0.5, 0.6) is 5.75 Å². The molecule has 1 amide bonds. The van der Waals surface area contributed by atoms with Gasteiger partial charge in [0.25, 0.3) is 5.91 Å². The third-order valence-corrected chi connectivity index (χ3v) is 4.70. The Morgan fingerprint density at radius 3 is 2.31 bits per heavy atom. The van der Waals surface area contributed by atoms with Crippen LogP contribution in [0.2, 0.25) is 0 Å². The number of nitrogens with zero attached hydrogens (tertiary/aromatic N) is 1. The average molecular weight is 354 g/mol. The molecule has 1 aliphatic heterocycles. The number of carbonyl (C=O) groups excluding carboxylic acids is 1. The monoisotopic (exact) mass is 354 g/mol. The Balaban J connectivity index is 1.51. The second-order valence-corrected chi connectivity index (χ2v) is 7.15. The third-order valence-electron chi connectivity index (χ3n) is 4.70. The van der Waals surface area contributed by atoms with Crippen LogP contribution in [-0.4, -0.2) is 45.7 Å². The minimum atomic E-state index is -0.153.